The van der Waals surface area contributed by atoms with Crippen molar-refractivity contribution in [2.45, 2.75) is 0 Å². The fourth-order valence-electron chi connectivity index (χ4n) is 9.03. The summed E-state index contributed by atoms with van der Waals surface area (Å²) in [5, 5.41) is 10.6. The molecule has 256 valence electrons. The zero-order valence-electron chi connectivity index (χ0n) is 29.7. The van der Waals surface area contributed by atoms with Crippen LogP contribution in [0.15, 0.2) is 197 Å². The lowest BCUT2D eigenvalue weighted by molar-refractivity contribution is 0.628. The molecule has 9 aromatic carbocycles. The van der Waals surface area contributed by atoms with E-state index in [1.54, 1.807) is 0 Å². The molecule has 55 heavy (non-hydrogen) atoms. The lowest BCUT2D eigenvalue weighted by atomic mass is 9.84. The monoisotopic (exact) mass is 701 g/mol. The van der Waals surface area contributed by atoms with Crippen LogP contribution in [-0.2, 0) is 0 Å². The smallest absolute Gasteiger partial charge is 0.139 e. The molecule has 3 nitrogen and oxygen atoms in total. The summed E-state index contributed by atoms with van der Waals surface area (Å²) in [7, 11) is 0. The molecule has 0 aliphatic rings. The Labute approximate surface area is 315 Å². The predicted molar refractivity (Wildman–Crippen MR) is 229 cm³/mol. The Balaban J connectivity index is 1.12. The van der Waals surface area contributed by atoms with E-state index < -0.39 is 0 Å². The van der Waals surface area contributed by atoms with E-state index in [-0.39, 0.29) is 0 Å². The van der Waals surface area contributed by atoms with Gasteiger partial charge in [0.25, 0.3) is 0 Å². The van der Waals surface area contributed by atoms with E-state index >= 15 is 0 Å². The third-order valence-electron chi connectivity index (χ3n) is 11.4. The first-order chi connectivity index (χ1) is 27.3. The molecule has 12 aromatic rings. The van der Waals surface area contributed by atoms with Crippen molar-refractivity contribution in [1.82, 2.24) is 4.57 Å². The van der Waals surface area contributed by atoms with E-state index in [0.29, 0.717) is 0 Å². The molecule has 0 saturated carbocycles. The number of hydrogen-bond donors (Lipinski definition) is 0. The van der Waals surface area contributed by atoms with Crippen LogP contribution in [0.2, 0.25) is 0 Å². The topological polar surface area (TPSA) is 31.2 Å². The number of para-hydroxylation sites is 2. The minimum Gasteiger partial charge on any atom is -0.456 e. The standard InChI is InChI=1S/C52H31NO2/c1-3-14-32(15-4-1)47-30-34-29-43-49(31-48(34)55-47)54-46-25-13-23-41(52(43)46)51-39-21-9-7-19-37(39)50(38-20-8-10-22-40(38)51)33-26-27-45-42(28-33)36-18-11-12-24-44(36)53(45)35-16-5-2-6-17-35/h1-31H. The van der Waals surface area contributed by atoms with Crippen LogP contribution in [0.25, 0.3) is 116 Å². The van der Waals surface area contributed by atoms with Gasteiger partial charge >= 0.3 is 0 Å². The molecule has 0 atom stereocenters. The van der Waals surface area contributed by atoms with E-state index in [9.17, 15) is 0 Å². The van der Waals surface area contributed by atoms with Crippen molar-refractivity contribution in [1.29, 1.82) is 0 Å². The van der Waals surface area contributed by atoms with Crippen LogP contribution < -0.4 is 0 Å². The highest BCUT2D eigenvalue weighted by Gasteiger charge is 2.22. The van der Waals surface area contributed by atoms with Gasteiger partial charge in [0.1, 0.15) is 22.5 Å². The number of benzene rings is 9. The number of aromatic nitrogens is 1. The van der Waals surface area contributed by atoms with Gasteiger partial charge in [-0.3, -0.25) is 0 Å². The highest BCUT2D eigenvalue weighted by molar-refractivity contribution is 6.26. The van der Waals surface area contributed by atoms with Gasteiger partial charge in [0, 0.05) is 44.2 Å². The van der Waals surface area contributed by atoms with Crippen LogP contribution >= 0.6 is 0 Å². The van der Waals surface area contributed by atoms with Gasteiger partial charge in [0.15, 0.2) is 0 Å². The normalized spacial score (nSPS) is 12.0. The zero-order chi connectivity index (χ0) is 36.0. The summed E-state index contributed by atoms with van der Waals surface area (Å²) < 4.78 is 15.3. The van der Waals surface area contributed by atoms with E-state index in [1.807, 2.05) is 24.3 Å². The molecular weight excluding hydrogens is 671 g/mol. The number of fused-ring (bicyclic) bond motifs is 9. The van der Waals surface area contributed by atoms with Crippen LogP contribution in [0, 0.1) is 0 Å². The van der Waals surface area contributed by atoms with E-state index in [2.05, 4.69) is 168 Å². The molecule has 0 fully saturated rings. The van der Waals surface area contributed by atoms with Gasteiger partial charge < -0.3 is 13.4 Å². The average molecular weight is 702 g/mol. The van der Waals surface area contributed by atoms with Crippen LogP contribution in [-0.4, -0.2) is 4.57 Å². The second-order valence-electron chi connectivity index (χ2n) is 14.4. The third kappa shape index (κ3) is 4.44. The Morgan fingerprint density at radius 1 is 0.345 bits per heavy atom. The molecule has 0 aliphatic carbocycles. The number of rotatable bonds is 4. The quantitative estimate of drug-likeness (QED) is 0.171. The van der Waals surface area contributed by atoms with E-state index in [1.165, 1.54) is 60.0 Å². The van der Waals surface area contributed by atoms with Crippen molar-refractivity contribution in [3.63, 3.8) is 0 Å². The van der Waals surface area contributed by atoms with Gasteiger partial charge in [0.05, 0.1) is 11.0 Å². The molecule has 3 heterocycles. The van der Waals surface area contributed by atoms with Gasteiger partial charge in [-0.1, -0.05) is 133 Å². The van der Waals surface area contributed by atoms with Crippen molar-refractivity contribution >= 4 is 76.3 Å². The van der Waals surface area contributed by atoms with E-state index in [4.69, 9.17) is 8.83 Å². The molecule has 12 rings (SSSR count). The predicted octanol–water partition coefficient (Wildman–Crippen LogP) is 14.7. The molecule has 0 unspecified atom stereocenters. The largest absolute Gasteiger partial charge is 0.456 e. The third-order valence-corrected chi connectivity index (χ3v) is 11.4. The molecule has 3 heteroatoms. The van der Waals surface area contributed by atoms with Crippen molar-refractivity contribution in [2.75, 3.05) is 0 Å². The number of hydrogen-bond acceptors (Lipinski definition) is 2. The number of furan rings is 2. The summed E-state index contributed by atoms with van der Waals surface area (Å²) in [5.41, 5.74) is 11.9. The molecule has 0 amide bonds. The highest BCUT2D eigenvalue weighted by atomic mass is 16.3. The molecule has 0 radical (unpaired) electrons. The fourth-order valence-corrected chi connectivity index (χ4v) is 9.03. The van der Waals surface area contributed by atoms with Crippen molar-refractivity contribution in [3.05, 3.63) is 188 Å². The van der Waals surface area contributed by atoms with Gasteiger partial charge in [-0.15, -0.1) is 0 Å². The lowest BCUT2D eigenvalue weighted by Gasteiger charge is -2.18. The molecule has 0 aliphatic heterocycles. The Kier molecular flexibility index (Phi) is 6.34. The minimum absolute atomic E-state index is 0.816. The highest BCUT2D eigenvalue weighted by Crippen LogP contribution is 2.48. The lowest BCUT2D eigenvalue weighted by Crippen LogP contribution is -1.93. The summed E-state index contributed by atoms with van der Waals surface area (Å²) in [5.74, 6) is 0.850. The molecule has 0 N–H and O–H groups in total. The van der Waals surface area contributed by atoms with Crippen LogP contribution in [0.4, 0.5) is 0 Å². The summed E-state index contributed by atoms with van der Waals surface area (Å²) in [6.45, 7) is 0. The second-order valence-corrected chi connectivity index (χ2v) is 14.4. The summed E-state index contributed by atoms with van der Waals surface area (Å²) >= 11 is 0. The van der Waals surface area contributed by atoms with Crippen LogP contribution in [0.5, 0.6) is 0 Å². The van der Waals surface area contributed by atoms with Crippen molar-refractivity contribution in [3.8, 4) is 39.3 Å². The maximum Gasteiger partial charge on any atom is 0.139 e. The molecule has 0 spiro atoms. The average Bonchev–Trinajstić information content (AvgIpc) is 3.93. The Morgan fingerprint density at radius 2 is 0.982 bits per heavy atom. The first kappa shape index (κ1) is 30.1. The Morgan fingerprint density at radius 3 is 1.73 bits per heavy atom. The first-order valence-corrected chi connectivity index (χ1v) is 18.8. The van der Waals surface area contributed by atoms with Crippen molar-refractivity contribution < 1.29 is 8.83 Å². The fraction of sp³-hybridized carbons (Fsp3) is 0. The maximum absolute atomic E-state index is 6.60. The van der Waals surface area contributed by atoms with Gasteiger partial charge in [-0.25, -0.2) is 0 Å². The first-order valence-electron chi connectivity index (χ1n) is 18.8. The van der Waals surface area contributed by atoms with E-state index in [0.717, 1.165) is 55.5 Å². The summed E-state index contributed by atoms with van der Waals surface area (Å²) in [6.07, 6.45) is 0. The minimum atomic E-state index is 0.816. The van der Waals surface area contributed by atoms with Crippen LogP contribution in [0.1, 0.15) is 0 Å². The van der Waals surface area contributed by atoms with Gasteiger partial charge in [-0.05, 0) is 92.3 Å². The Bertz CT molecular complexity index is 3420. The molecule has 3 aromatic heterocycles. The summed E-state index contributed by atoms with van der Waals surface area (Å²) in [6, 6.07) is 67.3. The van der Waals surface area contributed by atoms with Gasteiger partial charge in [0.2, 0.25) is 0 Å². The Hall–Kier alpha value is -7.36. The number of nitrogens with zero attached hydrogens (tertiary/aromatic N) is 1. The molecule has 0 bridgehead atoms. The molecule has 0 saturated heterocycles. The summed E-state index contributed by atoms with van der Waals surface area (Å²) in [4.78, 5) is 0. The van der Waals surface area contributed by atoms with Gasteiger partial charge in [-0.2, -0.15) is 0 Å². The second kappa shape index (κ2) is 11.6. The van der Waals surface area contributed by atoms with Crippen molar-refractivity contribution in [2.24, 2.45) is 0 Å². The van der Waals surface area contributed by atoms with Crippen LogP contribution in [0.3, 0.4) is 0 Å². The maximum atomic E-state index is 6.60. The SMILES string of the molecule is c1ccc(-c2cc3cc4c(cc3o2)oc2cccc(-c3c5ccccc5c(-c5ccc6c(c5)c5ccccc5n6-c5ccccc5)c5ccccc35)c24)cc1. The molecular formula is C52H31NO2. The zero-order valence-corrected chi connectivity index (χ0v) is 29.7.